The van der Waals surface area contributed by atoms with Crippen LogP contribution in [0.4, 0.5) is 0 Å². The van der Waals surface area contributed by atoms with E-state index in [4.69, 9.17) is 0 Å². The highest BCUT2D eigenvalue weighted by atomic mass is 79.9. The summed E-state index contributed by atoms with van der Waals surface area (Å²) in [6, 6.07) is 14.8. The van der Waals surface area contributed by atoms with Gasteiger partial charge in [0.15, 0.2) is 0 Å². The maximum atomic E-state index is 9.91. The number of para-hydroxylation sites is 2. The van der Waals surface area contributed by atoms with Crippen LogP contribution in [0.2, 0.25) is 0 Å². The van der Waals surface area contributed by atoms with Crippen molar-refractivity contribution in [3.05, 3.63) is 58.3 Å². The van der Waals surface area contributed by atoms with Crippen LogP contribution in [0.1, 0.15) is 11.4 Å². The van der Waals surface area contributed by atoms with Crippen LogP contribution in [0.3, 0.4) is 0 Å². The number of phenolic OH excluding ortho intramolecular Hbond substituents is 1. The number of aromatic nitrogens is 2. The van der Waals surface area contributed by atoms with Gasteiger partial charge < -0.3 is 10.1 Å². The number of imidazole rings is 1. The third-order valence-electron chi connectivity index (χ3n) is 3.06. The number of H-pyrrole nitrogens is 1. The molecule has 4 nitrogen and oxygen atoms in total. The van der Waals surface area contributed by atoms with Crippen LogP contribution >= 0.6 is 15.9 Å². The first-order chi connectivity index (χ1) is 10.2. The first-order valence-corrected chi connectivity index (χ1v) is 7.02. The Bertz CT molecular complexity index is 857. The number of rotatable bonds is 2. The van der Waals surface area contributed by atoms with Crippen molar-refractivity contribution in [1.82, 2.24) is 9.97 Å². The second-order valence-electron chi connectivity index (χ2n) is 4.48. The molecular weight excluding hydrogens is 330 g/mol. The van der Waals surface area contributed by atoms with E-state index >= 15 is 0 Å². The van der Waals surface area contributed by atoms with Crippen LogP contribution in [0.5, 0.6) is 5.75 Å². The molecule has 3 aromatic rings. The Balaban J connectivity index is 2.09. The van der Waals surface area contributed by atoms with Crippen molar-refractivity contribution in [3.63, 3.8) is 0 Å². The Kier molecular flexibility index (Phi) is 3.46. The highest BCUT2D eigenvalue weighted by Crippen LogP contribution is 2.26. The third-order valence-corrected chi connectivity index (χ3v) is 3.55. The van der Waals surface area contributed by atoms with E-state index < -0.39 is 0 Å². The van der Waals surface area contributed by atoms with Crippen molar-refractivity contribution < 1.29 is 5.11 Å². The summed E-state index contributed by atoms with van der Waals surface area (Å²) in [7, 11) is 0. The van der Waals surface area contributed by atoms with Gasteiger partial charge in [-0.3, -0.25) is 0 Å². The summed E-state index contributed by atoms with van der Waals surface area (Å²) in [4.78, 5) is 7.49. The zero-order valence-corrected chi connectivity index (χ0v) is 12.4. The minimum atomic E-state index is 0.105. The lowest BCUT2D eigenvalue weighted by molar-refractivity contribution is 0.473. The smallest absolute Gasteiger partial charge is 0.149 e. The number of nitrogens with one attached hydrogen (secondary N) is 1. The van der Waals surface area contributed by atoms with Crippen LogP contribution < -0.4 is 0 Å². The van der Waals surface area contributed by atoms with Crippen molar-refractivity contribution in [2.45, 2.75) is 0 Å². The fourth-order valence-corrected chi connectivity index (χ4v) is 2.38. The Morgan fingerprint density at radius 1 is 1.29 bits per heavy atom. The molecular formula is C16H10BrN3O. The molecule has 0 aliphatic carbocycles. The third kappa shape index (κ3) is 2.67. The maximum absolute atomic E-state index is 9.91. The molecule has 0 bridgehead atoms. The number of phenols is 1. The number of aromatic amines is 1. The summed E-state index contributed by atoms with van der Waals surface area (Å²) in [5.74, 6) is 0.592. The minimum Gasteiger partial charge on any atom is -0.507 e. The van der Waals surface area contributed by atoms with Gasteiger partial charge in [-0.15, -0.1) is 0 Å². The van der Waals surface area contributed by atoms with Crippen molar-refractivity contribution >= 4 is 38.6 Å². The molecule has 1 aromatic heterocycles. The SMILES string of the molecule is N#CC(=Cc1ccc(Br)cc1O)c1nc2ccccc2[nH]1. The van der Waals surface area contributed by atoms with E-state index in [0.29, 0.717) is 17.0 Å². The summed E-state index contributed by atoms with van der Waals surface area (Å²) in [5, 5.41) is 19.3. The molecule has 1 heterocycles. The van der Waals surface area contributed by atoms with Gasteiger partial charge >= 0.3 is 0 Å². The molecule has 0 aliphatic rings. The predicted octanol–water partition coefficient (Wildman–Crippen LogP) is 4.10. The molecule has 0 aliphatic heterocycles. The molecule has 0 amide bonds. The van der Waals surface area contributed by atoms with Crippen LogP contribution in [0, 0.1) is 11.3 Å². The van der Waals surface area contributed by atoms with E-state index in [2.05, 4.69) is 32.0 Å². The molecule has 0 saturated carbocycles. The van der Waals surface area contributed by atoms with Gasteiger partial charge in [0.2, 0.25) is 0 Å². The number of halogens is 1. The number of allylic oxidation sites excluding steroid dienone is 1. The first-order valence-electron chi connectivity index (χ1n) is 6.23. The minimum absolute atomic E-state index is 0.105. The van der Waals surface area contributed by atoms with Gasteiger partial charge in [0, 0.05) is 10.0 Å². The van der Waals surface area contributed by atoms with Crippen LogP contribution in [0.25, 0.3) is 22.7 Å². The number of aromatic hydroxyl groups is 1. The van der Waals surface area contributed by atoms with Gasteiger partial charge in [0.1, 0.15) is 17.6 Å². The molecule has 0 unspecified atom stereocenters. The van der Waals surface area contributed by atoms with E-state index in [-0.39, 0.29) is 5.75 Å². The normalized spacial score (nSPS) is 11.5. The molecule has 2 N–H and O–H groups in total. The van der Waals surface area contributed by atoms with Crippen LogP contribution in [-0.2, 0) is 0 Å². The fourth-order valence-electron chi connectivity index (χ4n) is 2.03. The highest BCUT2D eigenvalue weighted by Gasteiger charge is 2.09. The molecule has 0 saturated heterocycles. The van der Waals surface area contributed by atoms with E-state index in [1.807, 2.05) is 24.3 Å². The Morgan fingerprint density at radius 3 is 2.81 bits per heavy atom. The Morgan fingerprint density at radius 2 is 2.10 bits per heavy atom. The average Bonchev–Trinajstić information content (AvgIpc) is 2.90. The number of hydrogen-bond acceptors (Lipinski definition) is 3. The first kappa shape index (κ1) is 13.4. The van der Waals surface area contributed by atoms with E-state index in [0.717, 1.165) is 15.5 Å². The lowest BCUT2D eigenvalue weighted by atomic mass is 10.1. The lowest BCUT2D eigenvalue weighted by Crippen LogP contribution is -1.85. The van der Waals surface area contributed by atoms with Crippen molar-refractivity contribution in [3.8, 4) is 11.8 Å². The van der Waals surface area contributed by atoms with Gasteiger partial charge in [-0.05, 0) is 30.3 Å². The van der Waals surface area contributed by atoms with Crippen LogP contribution in [-0.4, -0.2) is 15.1 Å². The number of nitrogens with zero attached hydrogens (tertiary/aromatic N) is 2. The second-order valence-corrected chi connectivity index (χ2v) is 5.39. The number of benzene rings is 2. The topological polar surface area (TPSA) is 72.7 Å². The molecule has 3 rings (SSSR count). The molecule has 21 heavy (non-hydrogen) atoms. The van der Waals surface area contributed by atoms with Gasteiger partial charge in [-0.25, -0.2) is 4.98 Å². The molecule has 0 atom stereocenters. The average molecular weight is 340 g/mol. The largest absolute Gasteiger partial charge is 0.507 e. The highest BCUT2D eigenvalue weighted by molar-refractivity contribution is 9.10. The second kappa shape index (κ2) is 5.43. The zero-order chi connectivity index (χ0) is 14.8. The lowest BCUT2D eigenvalue weighted by Gasteiger charge is -2.00. The molecule has 2 aromatic carbocycles. The summed E-state index contributed by atoms with van der Waals surface area (Å²) >= 11 is 3.28. The van der Waals surface area contributed by atoms with Gasteiger partial charge in [0.25, 0.3) is 0 Å². The molecule has 102 valence electrons. The van der Waals surface area contributed by atoms with E-state index in [1.165, 1.54) is 0 Å². The molecule has 0 radical (unpaired) electrons. The standard InChI is InChI=1S/C16H10BrN3O/c17-12-6-5-10(15(21)8-12)7-11(9-18)16-19-13-3-1-2-4-14(13)20-16/h1-8,21H,(H,19,20). The van der Waals surface area contributed by atoms with Crippen molar-refractivity contribution in [2.24, 2.45) is 0 Å². The molecule has 0 spiro atoms. The summed E-state index contributed by atoms with van der Waals surface area (Å²) < 4.78 is 0.777. The van der Waals surface area contributed by atoms with Crippen molar-refractivity contribution in [2.75, 3.05) is 0 Å². The zero-order valence-electron chi connectivity index (χ0n) is 10.8. The Labute approximate surface area is 129 Å². The molecule has 0 fully saturated rings. The summed E-state index contributed by atoms with van der Waals surface area (Å²) in [6.45, 7) is 0. The van der Waals surface area contributed by atoms with Crippen LogP contribution in [0.15, 0.2) is 46.9 Å². The number of hydrogen-bond donors (Lipinski definition) is 2. The Hall–Kier alpha value is -2.58. The maximum Gasteiger partial charge on any atom is 0.149 e. The van der Waals surface area contributed by atoms with Gasteiger partial charge in [-0.1, -0.05) is 34.1 Å². The van der Waals surface area contributed by atoms with Gasteiger partial charge in [0.05, 0.1) is 16.6 Å². The number of fused-ring (bicyclic) bond motifs is 1. The fraction of sp³-hybridized carbons (Fsp3) is 0. The summed E-state index contributed by atoms with van der Waals surface area (Å²) in [6.07, 6.45) is 1.61. The number of nitriles is 1. The quantitative estimate of drug-likeness (QED) is 0.690. The van der Waals surface area contributed by atoms with Crippen molar-refractivity contribution in [1.29, 1.82) is 5.26 Å². The predicted molar refractivity (Wildman–Crippen MR) is 85.4 cm³/mol. The van der Waals surface area contributed by atoms with Gasteiger partial charge in [-0.2, -0.15) is 5.26 Å². The molecule has 5 heteroatoms. The monoisotopic (exact) mass is 339 g/mol. The van der Waals surface area contributed by atoms with E-state index in [1.54, 1.807) is 24.3 Å². The van der Waals surface area contributed by atoms with E-state index in [9.17, 15) is 10.4 Å². The summed E-state index contributed by atoms with van der Waals surface area (Å²) in [5.41, 5.74) is 2.60.